The fourth-order valence-corrected chi connectivity index (χ4v) is 1.60. The zero-order valence-electron chi connectivity index (χ0n) is 11.1. The standard InChI is InChI=1S/C13H15N3O3/c1-9-14-15-13(16(9)2)8-19-12-5-4-11(18-3)6-10(12)7-17/h4-7H,8H2,1-3H3. The van der Waals surface area contributed by atoms with Crippen molar-refractivity contribution in [3.8, 4) is 11.5 Å². The quantitative estimate of drug-likeness (QED) is 0.763. The van der Waals surface area contributed by atoms with Crippen molar-refractivity contribution < 1.29 is 14.3 Å². The van der Waals surface area contributed by atoms with E-state index in [-0.39, 0.29) is 6.61 Å². The SMILES string of the molecule is COc1ccc(OCc2nnc(C)n2C)c(C=O)c1. The molecule has 0 radical (unpaired) electrons. The van der Waals surface area contributed by atoms with E-state index in [1.807, 2.05) is 18.5 Å². The molecule has 0 fully saturated rings. The number of ether oxygens (including phenoxy) is 2. The van der Waals surface area contributed by atoms with E-state index in [2.05, 4.69) is 10.2 Å². The second-order valence-electron chi connectivity index (χ2n) is 4.03. The highest BCUT2D eigenvalue weighted by atomic mass is 16.5. The van der Waals surface area contributed by atoms with Gasteiger partial charge in [0.25, 0.3) is 0 Å². The summed E-state index contributed by atoms with van der Waals surface area (Å²) in [4.78, 5) is 11.0. The fourth-order valence-electron chi connectivity index (χ4n) is 1.60. The number of benzene rings is 1. The number of rotatable bonds is 5. The predicted octanol–water partition coefficient (Wildman–Crippen LogP) is 1.52. The monoisotopic (exact) mass is 261 g/mol. The topological polar surface area (TPSA) is 66.2 Å². The zero-order chi connectivity index (χ0) is 13.8. The van der Waals surface area contributed by atoms with Gasteiger partial charge in [0.1, 0.15) is 23.9 Å². The Bertz CT molecular complexity index is 593. The van der Waals surface area contributed by atoms with Crippen LogP contribution in [0.4, 0.5) is 0 Å². The molecule has 0 saturated heterocycles. The second-order valence-corrected chi connectivity index (χ2v) is 4.03. The molecule has 100 valence electrons. The number of nitrogens with zero attached hydrogens (tertiary/aromatic N) is 3. The van der Waals surface area contributed by atoms with Crippen molar-refractivity contribution in [2.24, 2.45) is 7.05 Å². The lowest BCUT2D eigenvalue weighted by Gasteiger charge is -2.09. The highest BCUT2D eigenvalue weighted by Crippen LogP contribution is 2.23. The van der Waals surface area contributed by atoms with Crippen LogP contribution < -0.4 is 9.47 Å². The first-order valence-corrected chi connectivity index (χ1v) is 5.76. The first kappa shape index (κ1) is 13.1. The molecule has 19 heavy (non-hydrogen) atoms. The average molecular weight is 261 g/mol. The van der Waals surface area contributed by atoms with Crippen molar-refractivity contribution >= 4 is 6.29 Å². The summed E-state index contributed by atoms with van der Waals surface area (Å²) in [6.07, 6.45) is 0.736. The van der Waals surface area contributed by atoms with Crippen LogP contribution in [0.25, 0.3) is 0 Å². The number of aldehydes is 1. The molecular formula is C13H15N3O3. The normalized spacial score (nSPS) is 10.3. The maximum Gasteiger partial charge on any atom is 0.170 e. The zero-order valence-corrected chi connectivity index (χ0v) is 11.1. The third-order valence-corrected chi connectivity index (χ3v) is 2.88. The smallest absolute Gasteiger partial charge is 0.170 e. The second kappa shape index (κ2) is 5.51. The maximum atomic E-state index is 11.0. The van der Waals surface area contributed by atoms with Crippen molar-refractivity contribution in [1.82, 2.24) is 14.8 Å². The van der Waals surface area contributed by atoms with Crippen LogP contribution >= 0.6 is 0 Å². The van der Waals surface area contributed by atoms with Crippen LogP contribution in [0.1, 0.15) is 22.0 Å². The lowest BCUT2D eigenvalue weighted by molar-refractivity contribution is 0.111. The summed E-state index contributed by atoms with van der Waals surface area (Å²) in [7, 11) is 3.41. The van der Waals surface area contributed by atoms with Gasteiger partial charge in [-0.1, -0.05) is 0 Å². The molecule has 0 saturated carbocycles. The van der Waals surface area contributed by atoms with E-state index in [0.717, 1.165) is 12.1 Å². The molecule has 0 aliphatic carbocycles. The molecule has 0 spiro atoms. The minimum Gasteiger partial charge on any atom is -0.497 e. The van der Waals surface area contributed by atoms with E-state index in [1.54, 1.807) is 25.3 Å². The number of hydrogen-bond acceptors (Lipinski definition) is 5. The number of hydrogen-bond donors (Lipinski definition) is 0. The van der Waals surface area contributed by atoms with Crippen molar-refractivity contribution in [3.05, 3.63) is 35.4 Å². The van der Waals surface area contributed by atoms with E-state index < -0.39 is 0 Å². The van der Waals surface area contributed by atoms with Gasteiger partial charge in [0.2, 0.25) is 0 Å². The lowest BCUT2D eigenvalue weighted by atomic mass is 10.2. The van der Waals surface area contributed by atoms with Crippen molar-refractivity contribution in [2.45, 2.75) is 13.5 Å². The Labute approximate surface area is 111 Å². The molecule has 0 aliphatic rings. The molecule has 2 rings (SSSR count). The number of aryl methyl sites for hydroxylation is 1. The van der Waals surface area contributed by atoms with Gasteiger partial charge in [-0.2, -0.15) is 0 Å². The maximum absolute atomic E-state index is 11.0. The van der Waals surface area contributed by atoms with Gasteiger partial charge in [0.05, 0.1) is 12.7 Å². The van der Waals surface area contributed by atoms with Crippen LogP contribution in [-0.4, -0.2) is 28.2 Å². The highest BCUT2D eigenvalue weighted by molar-refractivity contribution is 5.80. The summed E-state index contributed by atoms with van der Waals surface area (Å²) in [5.74, 6) is 2.62. The third kappa shape index (κ3) is 2.73. The number of aromatic nitrogens is 3. The van der Waals surface area contributed by atoms with Gasteiger partial charge >= 0.3 is 0 Å². The molecule has 2 aromatic rings. The number of carbonyl (C=O) groups is 1. The summed E-state index contributed by atoms with van der Waals surface area (Å²) < 4.78 is 12.5. The van der Waals surface area contributed by atoms with Gasteiger partial charge in [-0.3, -0.25) is 4.79 Å². The van der Waals surface area contributed by atoms with E-state index in [9.17, 15) is 4.79 Å². The van der Waals surface area contributed by atoms with E-state index >= 15 is 0 Å². The van der Waals surface area contributed by atoms with Crippen molar-refractivity contribution in [1.29, 1.82) is 0 Å². The summed E-state index contributed by atoms with van der Waals surface area (Å²) >= 11 is 0. The van der Waals surface area contributed by atoms with Crippen molar-refractivity contribution in [2.75, 3.05) is 7.11 Å². The molecule has 0 bridgehead atoms. The molecule has 0 aliphatic heterocycles. The minimum atomic E-state index is 0.254. The molecule has 1 heterocycles. The van der Waals surface area contributed by atoms with Gasteiger partial charge in [-0.15, -0.1) is 10.2 Å². The fraction of sp³-hybridized carbons (Fsp3) is 0.308. The molecular weight excluding hydrogens is 246 g/mol. The van der Waals surface area contributed by atoms with Crippen LogP contribution in [-0.2, 0) is 13.7 Å². The molecule has 0 unspecified atom stereocenters. The van der Waals surface area contributed by atoms with Crippen LogP contribution in [0.3, 0.4) is 0 Å². The van der Waals surface area contributed by atoms with Crippen LogP contribution in [0.15, 0.2) is 18.2 Å². The Balaban J connectivity index is 2.15. The summed E-state index contributed by atoms with van der Waals surface area (Å²) in [5.41, 5.74) is 0.443. The Morgan fingerprint density at radius 3 is 2.74 bits per heavy atom. The van der Waals surface area contributed by atoms with Gasteiger partial charge < -0.3 is 14.0 Å². The molecule has 6 nitrogen and oxygen atoms in total. The molecule has 6 heteroatoms. The summed E-state index contributed by atoms with van der Waals surface area (Å²) in [6.45, 7) is 2.12. The van der Waals surface area contributed by atoms with E-state index in [1.165, 1.54) is 0 Å². The first-order chi connectivity index (χ1) is 9.15. The van der Waals surface area contributed by atoms with Crippen LogP contribution in [0, 0.1) is 6.92 Å². The van der Waals surface area contributed by atoms with Gasteiger partial charge in [0, 0.05) is 7.05 Å². The summed E-state index contributed by atoms with van der Waals surface area (Å²) in [5, 5.41) is 7.94. The Morgan fingerprint density at radius 1 is 1.37 bits per heavy atom. The Morgan fingerprint density at radius 2 is 2.16 bits per heavy atom. The van der Waals surface area contributed by atoms with Gasteiger partial charge in [0.15, 0.2) is 12.1 Å². The average Bonchev–Trinajstić information content (AvgIpc) is 2.76. The van der Waals surface area contributed by atoms with Crippen LogP contribution in [0.5, 0.6) is 11.5 Å². The van der Waals surface area contributed by atoms with E-state index in [4.69, 9.17) is 9.47 Å². The molecule has 0 N–H and O–H groups in total. The van der Waals surface area contributed by atoms with Crippen LogP contribution in [0.2, 0.25) is 0 Å². The summed E-state index contributed by atoms with van der Waals surface area (Å²) in [6, 6.07) is 5.07. The molecule has 1 aromatic heterocycles. The Hall–Kier alpha value is -2.37. The third-order valence-electron chi connectivity index (χ3n) is 2.88. The Kier molecular flexibility index (Phi) is 3.79. The first-order valence-electron chi connectivity index (χ1n) is 5.76. The lowest BCUT2D eigenvalue weighted by Crippen LogP contribution is -2.05. The van der Waals surface area contributed by atoms with Crippen molar-refractivity contribution in [3.63, 3.8) is 0 Å². The largest absolute Gasteiger partial charge is 0.497 e. The van der Waals surface area contributed by atoms with E-state index in [0.29, 0.717) is 22.9 Å². The molecule has 0 atom stereocenters. The van der Waals surface area contributed by atoms with Gasteiger partial charge in [-0.25, -0.2) is 0 Å². The predicted molar refractivity (Wildman–Crippen MR) is 68.5 cm³/mol. The molecule has 0 amide bonds. The van der Waals surface area contributed by atoms with Gasteiger partial charge in [-0.05, 0) is 25.1 Å². The number of carbonyl (C=O) groups excluding carboxylic acids is 1. The minimum absolute atomic E-state index is 0.254. The molecule has 1 aromatic carbocycles. The number of methoxy groups -OCH3 is 1. The highest BCUT2D eigenvalue weighted by Gasteiger charge is 2.09.